The molecule has 13 heteroatoms. The standard InChI is InChI=1S/C9H12F8N2O2S/c1-6(10,7(11,12)8(13,14)15)9(16,17)22(20,21)19-4-2-18-3-5-19/h18H,2-5H2,1H3. The van der Waals surface area contributed by atoms with Gasteiger partial charge in [-0.2, -0.15) is 35.0 Å². The molecule has 0 aliphatic carbocycles. The summed E-state index contributed by atoms with van der Waals surface area (Å²) in [5.74, 6) is -6.56. The molecule has 4 nitrogen and oxygen atoms in total. The molecule has 0 spiro atoms. The minimum atomic E-state index is -6.68. The highest BCUT2D eigenvalue weighted by molar-refractivity contribution is 7.90. The summed E-state index contributed by atoms with van der Waals surface area (Å²) in [5, 5.41) is -3.42. The van der Waals surface area contributed by atoms with Crippen molar-refractivity contribution < 1.29 is 43.5 Å². The van der Waals surface area contributed by atoms with Gasteiger partial charge in [0.25, 0.3) is 15.7 Å². The van der Waals surface area contributed by atoms with Gasteiger partial charge in [-0.1, -0.05) is 0 Å². The average molecular weight is 364 g/mol. The smallest absolute Gasteiger partial charge is 0.314 e. The first-order valence-corrected chi connectivity index (χ1v) is 7.26. The number of hydrogen-bond donors (Lipinski definition) is 1. The Bertz CT molecular complexity index is 510. The Kier molecular flexibility index (Phi) is 4.79. The molecule has 1 fully saturated rings. The maximum absolute atomic E-state index is 13.8. The quantitative estimate of drug-likeness (QED) is 0.774. The number of rotatable bonds is 4. The van der Waals surface area contributed by atoms with Crippen molar-refractivity contribution in [1.29, 1.82) is 0 Å². The van der Waals surface area contributed by atoms with Crippen molar-refractivity contribution in [2.75, 3.05) is 26.2 Å². The van der Waals surface area contributed by atoms with E-state index in [2.05, 4.69) is 5.32 Å². The van der Waals surface area contributed by atoms with Gasteiger partial charge in [-0.15, -0.1) is 0 Å². The molecule has 1 aliphatic rings. The van der Waals surface area contributed by atoms with Crippen LogP contribution in [0.3, 0.4) is 0 Å². The second-order valence-corrected chi connectivity index (χ2v) is 6.73. The lowest BCUT2D eigenvalue weighted by atomic mass is 10.00. The topological polar surface area (TPSA) is 49.4 Å². The van der Waals surface area contributed by atoms with E-state index < -0.39 is 53.1 Å². The molecule has 0 aromatic heterocycles. The molecule has 0 aromatic carbocycles. The van der Waals surface area contributed by atoms with Gasteiger partial charge in [-0.05, 0) is 6.92 Å². The maximum Gasteiger partial charge on any atom is 0.457 e. The van der Waals surface area contributed by atoms with Gasteiger partial charge in [-0.25, -0.2) is 12.8 Å². The molecular weight excluding hydrogens is 352 g/mol. The van der Waals surface area contributed by atoms with Crippen LogP contribution in [-0.2, 0) is 10.0 Å². The minimum Gasteiger partial charge on any atom is -0.314 e. The van der Waals surface area contributed by atoms with Gasteiger partial charge in [-0.3, -0.25) is 0 Å². The van der Waals surface area contributed by atoms with Crippen LogP contribution in [-0.4, -0.2) is 61.9 Å². The van der Waals surface area contributed by atoms with Crippen LogP contribution >= 0.6 is 0 Å². The van der Waals surface area contributed by atoms with E-state index in [1.54, 1.807) is 0 Å². The fourth-order valence-electron chi connectivity index (χ4n) is 1.74. The SMILES string of the molecule is CC(F)(C(F)(F)C(F)(F)F)C(F)(F)S(=O)(=O)N1CCNCC1. The van der Waals surface area contributed by atoms with Crippen LogP contribution in [0.2, 0.25) is 0 Å². The maximum atomic E-state index is 13.8. The highest BCUT2D eigenvalue weighted by atomic mass is 32.2. The number of alkyl halides is 8. The molecule has 0 bridgehead atoms. The largest absolute Gasteiger partial charge is 0.457 e. The Labute approximate surface area is 120 Å². The van der Waals surface area contributed by atoms with Gasteiger partial charge in [0, 0.05) is 26.2 Å². The minimum absolute atomic E-state index is 0.0201. The van der Waals surface area contributed by atoms with Crippen molar-refractivity contribution in [3.8, 4) is 0 Å². The predicted molar refractivity (Wildman–Crippen MR) is 58.8 cm³/mol. The zero-order valence-corrected chi connectivity index (χ0v) is 11.8. The molecule has 1 rings (SSSR count). The van der Waals surface area contributed by atoms with E-state index in [-0.39, 0.29) is 17.4 Å². The summed E-state index contributed by atoms with van der Waals surface area (Å²) in [6, 6.07) is 0. The first-order valence-electron chi connectivity index (χ1n) is 5.82. The second-order valence-electron chi connectivity index (χ2n) is 4.75. The Hall–Kier alpha value is -0.690. The summed E-state index contributed by atoms with van der Waals surface area (Å²) in [6.07, 6.45) is -6.68. The van der Waals surface area contributed by atoms with Gasteiger partial charge < -0.3 is 5.32 Å². The number of piperazine rings is 1. The Balaban J connectivity index is 3.31. The molecule has 132 valence electrons. The van der Waals surface area contributed by atoms with E-state index in [4.69, 9.17) is 0 Å². The molecule has 1 unspecified atom stereocenters. The van der Waals surface area contributed by atoms with Crippen LogP contribution in [0.15, 0.2) is 0 Å². The first-order chi connectivity index (χ1) is 9.61. The van der Waals surface area contributed by atoms with Gasteiger partial charge in [0.15, 0.2) is 0 Å². The summed E-state index contributed by atoms with van der Waals surface area (Å²) < 4.78 is 127. The third-order valence-electron chi connectivity index (χ3n) is 3.23. The molecule has 0 saturated carbocycles. The van der Waals surface area contributed by atoms with Crippen LogP contribution in [0.25, 0.3) is 0 Å². The number of nitrogens with one attached hydrogen (secondary N) is 1. The fraction of sp³-hybridized carbons (Fsp3) is 1.00. The summed E-state index contributed by atoms with van der Waals surface area (Å²) >= 11 is 0. The zero-order chi connectivity index (χ0) is 17.6. The van der Waals surface area contributed by atoms with Crippen LogP contribution < -0.4 is 5.32 Å². The predicted octanol–water partition coefficient (Wildman–Crippen LogP) is 1.74. The number of hydrogen-bond acceptors (Lipinski definition) is 3. The molecule has 1 N–H and O–H groups in total. The Morgan fingerprint density at radius 2 is 1.32 bits per heavy atom. The molecule has 1 saturated heterocycles. The number of halogens is 8. The third kappa shape index (κ3) is 2.66. The first kappa shape index (κ1) is 19.4. The van der Waals surface area contributed by atoms with Crippen LogP contribution in [0, 0.1) is 0 Å². The highest BCUT2D eigenvalue weighted by Gasteiger charge is 2.81. The van der Waals surface area contributed by atoms with Crippen LogP contribution in [0.1, 0.15) is 6.92 Å². The lowest BCUT2D eigenvalue weighted by Crippen LogP contribution is -2.66. The third-order valence-corrected chi connectivity index (χ3v) is 5.31. The van der Waals surface area contributed by atoms with Gasteiger partial charge in [0.2, 0.25) is 0 Å². The van der Waals surface area contributed by atoms with E-state index >= 15 is 0 Å². The molecule has 0 amide bonds. The van der Waals surface area contributed by atoms with Crippen molar-refractivity contribution in [2.45, 2.75) is 29.9 Å². The average Bonchev–Trinajstić information content (AvgIpc) is 2.37. The molecule has 22 heavy (non-hydrogen) atoms. The Morgan fingerprint density at radius 1 is 0.909 bits per heavy atom. The summed E-state index contributed by atoms with van der Waals surface area (Å²) in [6.45, 7) is -2.25. The van der Waals surface area contributed by atoms with Crippen molar-refractivity contribution in [1.82, 2.24) is 9.62 Å². The molecule has 1 atom stereocenters. The van der Waals surface area contributed by atoms with E-state index in [1.165, 1.54) is 0 Å². The summed E-state index contributed by atoms with van der Waals surface area (Å²) in [4.78, 5) is 0. The summed E-state index contributed by atoms with van der Waals surface area (Å²) in [5.41, 5.74) is -5.68. The summed E-state index contributed by atoms with van der Waals surface area (Å²) in [7, 11) is -6.06. The van der Waals surface area contributed by atoms with Crippen molar-refractivity contribution >= 4 is 10.0 Å². The van der Waals surface area contributed by atoms with Crippen molar-refractivity contribution in [3.63, 3.8) is 0 Å². The lowest BCUT2D eigenvalue weighted by Gasteiger charge is -2.39. The normalized spacial score (nSPS) is 22.4. The van der Waals surface area contributed by atoms with Gasteiger partial charge in [0.1, 0.15) is 0 Å². The van der Waals surface area contributed by atoms with Gasteiger partial charge in [0.05, 0.1) is 0 Å². The molecule has 1 heterocycles. The molecule has 1 aliphatic heterocycles. The number of nitrogens with zero attached hydrogens (tertiary/aromatic N) is 1. The van der Waals surface area contributed by atoms with Crippen LogP contribution in [0.4, 0.5) is 35.1 Å². The van der Waals surface area contributed by atoms with E-state index in [1.807, 2.05) is 0 Å². The number of sulfonamides is 1. The zero-order valence-electron chi connectivity index (χ0n) is 11.0. The second kappa shape index (κ2) is 5.44. The Morgan fingerprint density at radius 3 is 1.68 bits per heavy atom. The monoisotopic (exact) mass is 364 g/mol. The van der Waals surface area contributed by atoms with Crippen molar-refractivity contribution in [2.24, 2.45) is 0 Å². The van der Waals surface area contributed by atoms with E-state index in [0.717, 1.165) is 0 Å². The van der Waals surface area contributed by atoms with Crippen LogP contribution in [0.5, 0.6) is 0 Å². The van der Waals surface area contributed by atoms with E-state index in [9.17, 15) is 43.5 Å². The van der Waals surface area contributed by atoms with Gasteiger partial charge >= 0.3 is 17.4 Å². The van der Waals surface area contributed by atoms with Crippen molar-refractivity contribution in [3.05, 3.63) is 0 Å². The molecule has 0 radical (unpaired) electrons. The van der Waals surface area contributed by atoms with E-state index in [0.29, 0.717) is 0 Å². The highest BCUT2D eigenvalue weighted by Crippen LogP contribution is 2.54. The lowest BCUT2D eigenvalue weighted by molar-refractivity contribution is -0.346. The molecular formula is C9H12F8N2O2S. The fourth-order valence-corrected chi connectivity index (χ4v) is 3.34. The molecule has 0 aromatic rings.